The van der Waals surface area contributed by atoms with Gasteiger partial charge >= 0.3 is 0 Å². The maximum Gasteiger partial charge on any atom is 0.0320 e. The maximum absolute atomic E-state index is 6.08. The molecule has 0 bridgehead atoms. The molecule has 2 atom stereocenters. The number of benzene rings is 1. The maximum atomic E-state index is 6.08. The Bertz CT molecular complexity index is 260. The van der Waals surface area contributed by atoms with E-state index in [-0.39, 0.29) is 18.4 Å². The summed E-state index contributed by atoms with van der Waals surface area (Å²) in [5.41, 5.74) is 7.30. The zero-order chi connectivity index (χ0) is 9.84. The SMILES string of the molecule is CCC(C)[C@H](N)c1ccc(Br)cc1.Cl. The minimum atomic E-state index is 0. The molecule has 1 aromatic carbocycles. The number of hydrogen-bond acceptors (Lipinski definition) is 1. The Balaban J connectivity index is 0.00000169. The van der Waals surface area contributed by atoms with E-state index in [0.717, 1.165) is 10.9 Å². The van der Waals surface area contributed by atoms with Crippen LogP contribution in [0.3, 0.4) is 0 Å². The van der Waals surface area contributed by atoms with Crippen LogP contribution in [0, 0.1) is 5.92 Å². The Morgan fingerprint density at radius 3 is 2.21 bits per heavy atom. The first-order chi connectivity index (χ1) is 6.15. The first kappa shape index (κ1) is 13.9. The molecule has 2 N–H and O–H groups in total. The number of hydrogen-bond donors (Lipinski definition) is 1. The molecular formula is C11H17BrClN. The third-order valence-electron chi connectivity index (χ3n) is 2.51. The molecule has 0 aliphatic carbocycles. The van der Waals surface area contributed by atoms with Gasteiger partial charge in [0.25, 0.3) is 0 Å². The smallest absolute Gasteiger partial charge is 0.0320 e. The zero-order valence-electron chi connectivity index (χ0n) is 8.53. The van der Waals surface area contributed by atoms with E-state index in [9.17, 15) is 0 Å². The standard InChI is InChI=1S/C11H16BrN.ClH/c1-3-8(2)11(13)9-4-6-10(12)7-5-9;/h4-8,11H,3,13H2,1-2H3;1H/t8?,11-;/m0./s1. The van der Waals surface area contributed by atoms with E-state index >= 15 is 0 Å². The van der Waals surface area contributed by atoms with Crippen LogP contribution in [0.1, 0.15) is 31.9 Å². The van der Waals surface area contributed by atoms with Gasteiger partial charge in [0.2, 0.25) is 0 Å². The van der Waals surface area contributed by atoms with Crippen molar-refractivity contribution in [1.29, 1.82) is 0 Å². The van der Waals surface area contributed by atoms with Gasteiger partial charge in [-0.1, -0.05) is 48.3 Å². The fourth-order valence-electron chi connectivity index (χ4n) is 1.27. The highest BCUT2D eigenvalue weighted by Crippen LogP contribution is 2.22. The molecule has 0 aliphatic heterocycles. The van der Waals surface area contributed by atoms with Gasteiger partial charge in [-0.2, -0.15) is 0 Å². The van der Waals surface area contributed by atoms with Gasteiger partial charge in [0, 0.05) is 10.5 Å². The number of rotatable bonds is 3. The third kappa shape index (κ3) is 3.60. The van der Waals surface area contributed by atoms with E-state index in [1.165, 1.54) is 5.56 Å². The predicted octanol–water partition coefficient (Wildman–Crippen LogP) is 3.92. The van der Waals surface area contributed by atoms with Gasteiger partial charge in [0.05, 0.1) is 0 Å². The largest absolute Gasteiger partial charge is 0.324 e. The third-order valence-corrected chi connectivity index (χ3v) is 3.04. The van der Waals surface area contributed by atoms with Crippen LogP contribution in [0.5, 0.6) is 0 Å². The molecule has 0 amide bonds. The second-order valence-corrected chi connectivity index (χ2v) is 4.38. The van der Waals surface area contributed by atoms with Crippen molar-refractivity contribution < 1.29 is 0 Å². The summed E-state index contributed by atoms with van der Waals surface area (Å²) in [6, 6.07) is 8.41. The van der Waals surface area contributed by atoms with Crippen molar-refractivity contribution in [3.8, 4) is 0 Å². The van der Waals surface area contributed by atoms with E-state index in [4.69, 9.17) is 5.73 Å². The van der Waals surface area contributed by atoms with Crippen molar-refractivity contribution in [3.05, 3.63) is 34.3 Å². The van der Waals surface area contributed by atoms with Crippen LogP contribution < -0.4 is 5.73 Å². The fourth-order valence-corrected chi connectivity index (χ4v) is 1.53. The summed E-state index contributed by atoms with van der Waals surface area (Å²) in [4.78, 5) is 0. The molecule has 80 valence electrons. The Morgan fingerprint density at radius 2 is 1.79 bits per heavy atom. The molecule has 0 fully saturated rings. The Kier molecular flexibility index (Phi) is 6.41. The van der Waals surface area contributed by atoms with Gasteiger partial charge in [-0.25, -0.2) is 0 Å². The zero-order valence-corrected chi connectivity index (χ0v) is 10.9. The lowest BCUT2D eigenvalue weighted by Gasteiger charge is -2.18. The summed E-state index contributed by atoms with van der Waals surface area (Å²) in [6.45, 7) is 4.36. The Hall–Kier alpha value is -0.0500. The van der Waals surface area contributed by atoms with Crippen LogP contribution in [0.25, 0.3) is 0 Å². The van der Waals surface area contributed by atoms with E-state index in [2.05, 4.69) is 41.9 Å². The Labute approximate surface area is 101 Å². The molecule has 0 spiro atoms. The molecule has 0 radical (unpaired) electrons. The van der Waals surface area contributed by atoms with Crippen molar-refractivity contribution in [2.24, 2.45) is 11.7 Å². The van der Waals surface area contributed by atoms with E-state index in [1.807, 2.05) is 12.1 Å². The molecule has 0 heterocycles. The molecule has 1 unspecified atom stereocenters. The second-order valence-electron chi connectivity index (χ2n) is 3.46. The lowest BCUT2D eigenvalue weighted by atomic mass is 9.93. The normalized spacial score (nSPS) is 14.3. The van der Waals surface area contributed by atoms with Crippen molar-refractivity contribution in [1.82, 2.24) is 0 Å². The molecule has 1 aromatic rings. The molecule has 0 aliphatic rings. The molecule has 1 rings (SSSR count). The van der Waals surface area contributed by atoms with E-state index in [0.29, 0.717) is 5.92 Å². The van der Waals surface area contributed by atoms with Crippen LogP contribution in [0.4, 0.5) is 0 Å². The van der Waals surface area contributed by atoms with Crippen LogP contribution in [0.15, 0.2) is 28.7 Å². The average Bonchev–Trinajstić information content (AvgIpc) is 2.17. The van der Waals surface area contributed by atoms with Gasteiger partial charge in [0.15, 0.2) is 0 Å². The molecule has 0 saturated carbocycles. The van der Waals surface area contributed by atoms with E-state index < -0.39 is 0 Å². The van der Waals surface area contributed by atoms with Gasteiger partial charge in [0.1, 0.15) is 0 Å². The predicted molar refractivity (Wildman–Crippen MR) is 67.8 cm³/mol. The first-order valence-corrected chi connectivity index (χ1v) is 5.45. The summed E-state index contributed by atoms with van der Waals surface area (Å²) in [7, 11) is 0. The second kappa shape index (κ2) is 6.44. The van der Waals surface area contributed by atoms with Crippen molar-refractivity contribution in [2.45, 2.75) is 26.3 Å². The highest BCUT2D eigenvalue weighted by Gasteiger charge is 2.12. The molecule has 1 nitrogen and oxygen atoms in total. The minimum absolute atomic E-state index is 0. The lowest BCUT2D eigenvalue weighted by molar-refractivity contribution is 0.457. The van der Waals surface area contributed by atoms with Gasteiger partial charge in [-0.15, -0.1) is 12.4 Å². The van der Waals surface area contributed by atoms with Crippen molar-refractivity contribution in [3.63, 3.8) is 0 Å². The topological polar surface area (TPSA) is 26.0 Å². The highest BCUT2D eigenvalue weighted by molar-refractivity contribution is 9.10. The Morgan fingerprint density at radius 1 is 1.29 bits per heavy atom. The monoisotopic (exact) mass is 277 g/mol. The average molecular weight is 279 g/mol. The first-order valence-electron chi connectivity index (χ1n) is 4.66. The van der Waals surface area contributed by atoms with Crippen molar-refractivity contribution in [2.75, 3.05) is 0 Å². The summed E-state index contributed by atoms with van der Waals surface area (Å²) in [5.74, 6) is 0.543. The molecule has 14 heavy (non-hydrogen) atoms. The van der Waals surface area contributed by atoms with Crippen LogP contribution in [-0.2, 0) is 0 Å². The van der Waals surface area contributed by atoms with Crippen LogP contribution >= 0.6 is 28.3 Å². The fraction of sp³-hybridized carbons (Fsp3) is 0.455. The summed E-state index contributed by atoms with van der Waals surface area (Å²) >= 11 is 3.41. The van der Waals surface area contributed by atoms with Gasteiger partial charge in [-0.3, -0.25) is 0 Å². The van der Waals surface area contributed by atoms with Crippen LogP contribution in [0.2, 0.25) is 0 Å². The summed E-state index contributed by atoms with van der Waals surface area (Å²) < 4.78 is 1.10. The molecule has 0 aromatic heterocycles. The van der Waals surface area contributed by atoms with Gasteiger partial charge in [-0.05, 0) is 23.6 Å². The summed E-state index contributed by atoms with van der Waals surface area (Å²) in [6.07, 6.45) is 1.12. The minimum Gasteiger partial charge on any atom is -0.324 e. The molecule has 0 saturated heterocycles. The number of nitrogens with two attached hydrogens (primary N) is 1. The lowest BCUT2D eigenvalue weighted by Crippen LogP contribution is -2.18. The van der Waals surface area contributed by atoms with Crippen LogP contribution in [-0.4, -0.2) is 0 Å². The van der Waals surface area contributed by atoms with Crippen molar-refractivity contribution >= 4 is 28.3 Å². The number of halogens is 2. The highest BCUT2D eigenvalue weighted by atomic mass is 79.9. The molecule has 3 heteroatoms. The summed E-state index contributed by atoms with van der Waals surface area (Å²) in [5, 5.41) is 0. The van der Waals surface area contributed by atoms with E-state index in [1.54, 1.807) is 0 Å². The molecular weight excluding hydrogens is 261 g/mol. The quantitative estimate of drug-likeness (QED) is 0.891. The van der Waals surface area contributed by atoms with Gasteiger partial charge < -0.3 is 5.73 Å².